The van der Waals surface area contributed by atoms with Crippen molar-refractivity contribution in [3.63, 3.8) is 0 Å². The molecule has 2 aromatic heterocycles. The lowest BCUT2D eigenvalue weighted by Crippen LogP contribution is -3.12. The molecular weight excluding hydrogens is 348 g/mol. The lowest BCUT2D eigenvalue weighted by molar-refractivity contribution is -0.954. The van der Waals surface area contributed by atoms with Gasteiger partial charge in [-0.2, -0.15) is 4.68 Å². The summed E-state index contributed by atoms with van der Waals surface area (Å²) in [4.78, 5) is 3.08. The van der Waals surface area contributed by atoms with Gasteiger partial charge in [0.25, 0.3) is 0 Å². The van der Waals surface area contributed by atoms with E-state index in [1.165, 1.54) is 10.5 Å². The van der Waals surface area contributed by atoms with Crippen LogP contribution < -0.4 is 4.90 Å². The van der Waals surface area contributed by atoms with Crippen molar-refractivity contribution in [3.05, 3.63) is 57.0 Å². The maximum absolute atomic E-state index is 5.73. The fraction of sp³-hybridized carbons (Fsp3) is 0.368. The van der Waals surface area contributed by atoms with Gasteiger partial charge >= 0.3 is 0 Å². The van der Waals surface area contributed by atoms with Crippen LogP contribution in [0.1, 0.15) is 30.3 Å². The number of hydrogen-bond donors (Lipinski definition) is 1. The number of nitrogens with one attached hydrogen (secondary N) is 1. The number of nitrogens with zero attached hydrogens (tertiary/aromatic N) is 3. The molecule has 3 heterocycles. The lowest BCUT2D eigenvalue weighted by atomic mass is 10.0. The molecule has 4 rings (SSSR count). The highest BCUT2D eigenvalue weighted by Gasteiger charge is 2.29. The third-order valence-electron chi connectivity index (χ3n) is 5.16. The van der Waals surface area contributed by atoms with Crippen LogP contribution in [0.15, 0.2) is 41.8 Å². The predicted molar refractivity (Wildman–Crippen MR) is 104 cm³/mol. The Hall–Kier alpha value is -1.76. The van der Waals surface area contributed by atoms with E-state index in [-0.39, 0.29) is 0 Å². The minimum absolute atomic E-state index is 0.490. The van der Waals surface area contributed by atoms with Gasteiger partial charge in [-0.1, -0.05) is 30.3 Å². The van der Waals surface area contributed by atoms with Gasteiger partial charge < -0.3 is 9.47 Å². The molecular formula is C19H23N4S2+. The Balaban J connectivity index is 1.66. The molecule has 2 atom stereocenters. The fourth-order valence-corrected chi connectivity index (χ4v) is 4.99. The maximum atomic E-state index is 5.73. The Kier molecular flexibility index (Phi) is 4.58. The minimum atomic E-state index is 0.490. The highest BCUT2D eigenvalue weighted by Crippen LogP contribution is 2.25. The number of fused-ring (bicyclic) bond motifs is 1. The zero-order valence-corrected chi connectivity index (χ0v) is 16.2. The molecule has 3 aromatic rings. The molecule has 0 saturated heterocycles. The Morgan fingerprint density at radius 1 is 1.28 bits per heavy atom. The second-order valence-electron chi connectivity index (χ2n) is 6.55. The second-order valence-corrected chi connectivity index (χ2v) is 7.92. The summed E-state index contributed by atoms with van der Waals surface area (Å²) in [5.74, 6) is 0.966. The van der Waals surface area contributed by atoms with Crippen molar-refractivity contribution in [3.8, 4) is 11.4 Å². The van der Waals surface area contributed by atoms with Gasteiger partial charge in [-0.25, -0.2) is 0 Å². The monoisotopic (exact) mass is 371 g/mol. The highest BCUT2D eigenvalue weighted by molar-refractivity contribution is 7.71. The third kappa shape index (κ3) is 2.99. The maximum Gasteiger partial charge on any atom is 0.203 e. The van der Waals surface area contributed by atoms with E-state index >= 15 is 0 Å². The number of benzene rings is 1. The molecule has 6 heteroatoms. The van der Waals surface area contributed by atoms with Gasteiger partial charge in [-0.15, -0.1) is 16.4 Å². The van der Waals surface area contributed by atoms with Gasteiger partial charge in [0.2, 0.25) is 4.77 Å². The molecule has 1 aliphatic rings. The van der Waals surface area contributed by atoms with Gasteiger partial charge in [0.15, 0.2) is 12.5 Å². The number of thiophene rings is 1. The van der Waals surface area contributed by atoms with Crippen LogP contribution in [-0.4, -0.2) is 20.9 Å². The molecule has 0 spiro atoms. The third-order valence-corrected chi connectivity index (χ3v) is 6.58. The van der Waals surface area contributed by atoms with E-state index in [1.807, 2.05) is 34.2 Å². The average Bonchev–Trinajstić information content (AvgIpc) is 3.23. The molecule has 1 N–H and O–H groups in total. The van der Waals surface area contributed by atoms with Crippen molar-refractivity contribution < 1.29 is 4.90 Å². The van der Waals surface area contributed by atoms with Crippen LogP contribution in [0.25, 0.3) is 11.4 Å². The van der Waals surface area contributed by atoms with Crippen LogP contribution in [0, 0.1) is 4.77 Å². The zero-order valence-electron chi connectivity index (χ0n) is 14.6. The molecule has 130 valence electrons. The molecule has 0 radical (unpaired) electrons. The molecule has 1 unspecified atom stereocenters. The number of hydrogen-bond acceptors (Lipinski definition) is 3. The summed E-state index contributed by atoms with van der Waals surface area (Å²) in [5, 5.41) is 7.10. The summed E-state index contributed by atoms with van der Waals surface area (Å²) < 4.78 is 4.97. The fourth-order valence-electron chi connectivity index (χ4n) is 3.69. The first-order valence-electron chi connectivity index (χ1n) is 8.83. The largest absolute Gasteiger partial charge is 0.310 e. The summed E-state index contributed by atoms with van der Waals surface area (Å²) in [5.41, 5.74) is 2.62. The number of aromatic nitrogens is 3. The van der Waals surface area contributed by atoms with E-state index in [4.69, 9.17) is 17.3 Å². The van der Waals surface area contributed by atoms with E-state index in [0.29, 0.717) is 6.04 Å². The Morgan fingerprint density at radius 3 is 2.84 bits per heavy atom. The predicted octanol–water partition coefficient (Wildman–Crippen LogP) is 3.32. The number of quaternary nitrogens is 1. The smallest absolute Gasteiger partial charge is 0.203 e. The standard InChI is InChI=1S/C19H22N4S2/c1-3-22-18(15-7-5-4-6-8-15)20-23(19(22)24)13-21-11-9-17-16(14(21)2)10-12-25-17/h4-8,10,12,14H,3,9,11,13H2,1-2H3/p+1/t14-/m1/s1. The van der Waals surface area contributed by atoms with Crippen LogP contribution in [0.5, 0.6) is 0 Å². The molecule has 0 saturated carbocycles. The van der Waals surface area contributed by atoms with Crippen LogP contribution in [-0.2, 0) is 19.6 Å². The summed E-state index contributed by atoms with van der Waals surface area (Å²) in [6, 6.07) is 13.1. The highest BCUT2D eigenvalue weighted by atomic mass is 32.1. The minimum Gasteiger partial charge on any atom is -0.310 e. The van der Waals surface area contributed by atoms with Crippen molar-refractivity contribution in [1.82, 2.24) is 14.3 Å². The molecule has 0 aliphatic carbocycles. The molecule has 25 heavy (non-hydrogen) atoms. The second kappa shape index (κ2) is 6.86. The topological polar surface area (TPSA) is 27.2 Å². The molecule has 0 fully saturated rings. The van der Waals surface area contributed by atoms with Crippen LogP contribution in [0.4, 0.5) is 0 Å². The Morgan fingerprint density at radius 2 is 2.08 bits per heavy atom. The summed E-state index contributed by atoms with van der Waals surface area (Å²) in [6.07, 6.45) is 1.15. The van der Waals surface area contributed by atoms with Crippen molar-refractivity contribution in [2.45, 2.75) is 39.5 Å². The van der Waals surface area contributed by atoms with E-state index in [0.717, 1.165) is 42.3 Å². The van der Waals surface area contributed by atoms with E-state index in [2.05, 4.69) is 42.0 Å². The SMILES string of the molecule is CCn1c(-c2ccccc2)nn(C[NH+]2CCc3sccc3[C@H]2C)c1=S. The van der Waals surface area contributed by atoms with E-state index in [1.54, 1.807) is 4.88 Å². The van der Waals surface area contributed by atoms with Gasteiger partial charge in [-0.3, -0.25) is 0 Å². The first-order valence-corrected chi connectivity index (χ1v) is 10.1. The molecule has 1 aliphatic heterocycles. The Bertz CT molecular complexity index is 923. The van der Waals surface area contributed by atoms with Crippen molar-refractivity contribution in [2.75, 3.05) is 6.54 Å². The van der Waals surface area contributed by atoms with Gasteiger partial charge in [-0.05, 0) is 37.5 Å². The zero-order chi connectivity index (χ0) is 17.4. The summed E-state index contributed by atoms with van der Waals surface area (Å²) in [6.45, 7) is 7.24. The van der Waals surface area contributed by atoms with Crippen molar-refractivity contribution in [2.24, 2.45) is 0 Å². The van der Waals surface area contributed by atoms with Gasteiger partial charge in [0.1, 0.15) is 6.04 Å². The van der Waals surface area contributed by atoms with Crippen molar-refractivity contribution in [1.29, 1.82) is 0 Å². The van der Waals surface area contributed by atoms with E-state index < -0.39 is 0 Å². The first-order chi connectivity index (χ1) is 12.2. The number of rotatable bonds is 4. The molecule has 4 nitrogen and oxygen atoms in total. The summed E-state index contributed by atoms with van der Waals surface area (Å²) >= 11 is 7.62. The van der Waals surface area contributed by atoms with E-state index in [9.17, 15) is 0 Å². The average molecular weight is 372 g/mol. The Labute approximate surface area is 157 Å². The first kappa shape index (κ1) is 16.7. The molecule has 1 aromatic carbocycles. The van der Waals surface area contributed by atoms with Crippen LogP contribution in [0.3, 0.4) is 0 Å². The molecule has 0 amide bonds. The quantitative estimate of drug-likeness (QED) is 0.713. The summed E-state index contributed by atoms with van der Waals surface area (Å²) in [7, 11) is 0. The van der Waals surface area contributed by atoms with Gasteiger partial charge in [0.05, 0.1) is 6.54 Å². The van der Waals surface area contributed by atoms with Crippen molar-refractivity contribution >= 4 is 23.6 Å². The molecule has 0 bridgehead atoms. The van der Waals surface area contributed by atoms with Crippen LogP contribution >= 0.6 is 23.6 Å². The van der Waals surface area contributed by atoms with Crippen LogP contribution in [0.2, 0.25) is 0 Å². The normalized spacial score (nSPS) is 19.8. The lowest BCUT2D eigenvalue weighted by Gasteiger charge is -2.30. The van der Waals surface area contributed by atoms with Gasteiger partial charge in [0, 0.05) is 29.0 Å².